The summed E-state index contributed by atoms with van der Waals surface area (Å²) in [5, 5.41) is 3.37. The van der Waals surface area contributed by atoms with Gasteiger partial charge in [-0.1, -0.05) is 18.2 Å². The molecule has 0 radical (unpaired) electrons. The van der Waals surface area contributed by atoms with Gasteiger partial charge >= 0.3 is 0 Å². The molecular formula is C19H12FIN4O. The first kappa shape index (κ1) is 16.6. The largest absolute Gasteiger partial charge is 0.324 e. The Labute approximate surface area is 161 Å². The highest BCUT2D eigenvalue weighted by Gasteiger charge is 2.14. The van der Waals surface area contributed by atoms with Crippen molar-refractivity contribution in [3.63, 3.8) is 0 Å². The fraction of sp³-hybridized carbons (Fsp3) is 0. The van der Waals surface area contributed by atoms with Gasteiger partial charge in [0.2, 0.25) is 5.95 Å². The molecule has 1 N–H and O–H groups in total. The molecule has 26 heavy (non-hydrogen) atoms. The van der Waals surface area contributed by atoms with E-state index in [0.29, 0.717) is 22.8 Å². The number of aromatic nitrogens is 3. The molecule has 0 aliphatic carbocycles. The Kier molecular flexibility index (Phi) is 4.37. The van der Waals surface area contributed by atoms with Crippen LogP contribution in [0.1, 0.15) is 0 Å². The molecule has 0 spiro atoms. The zero-order valence-corrected chi connectivity index (χ0v) is 15.5. The average molecular weight is 458 g/mol. The third-order valence-corrected chi connectivity index (χ3v) is 4.40. The summed E-state index contributed by atoms with van der Waals surface area (Å²) in [7, 11) is 0. The van der Waals surface area contributed by atoms with Gasteiger partial charge < -0.3 is 5.32 Å². The number of nitrogens with one attached hydrogen (secondary N) is 1. The van der Waals surface area contributed by atoms with Crippen LogP contribution in [0.15, 0.2) is 71.8 Å². The second-order valence-electron chi connectivity index (χ2n) is 5.59. The van der Waals surface area contributed by atoms with Crippen LogP contribution >= 0.6 is 22.6 Å². The molecular weight excluding hydrogens is 446 g/mol. The van der Waals surface area contributed by atoms with Crippen LogP contribution in [0.4, 0.5) is 16.0 Å². The van der Waals surface area contributed by atoms with Crippen LogP contribution in [-0.2, 0) is 0 Å². The second-order valence-corrected chi connectivity index (χ2v) is 6.84. The van der Waals surface area contributed by atoms with Gasteiger partial charge in [0.15, 0.2) is 0 Å². The number of para-hydroxylation sites is 1. The third-order valence-electron chi connectivity index (χ3n) is 3.81. The molecule has 0 amide bonds. The van der Waals surface area contributed by atoms with Crippen molar-refractivity contribution in [3.05, 3.63) is 86.7 Å². The molecule has 4 rings (SSSR count). The Morgan fingerprint density at radius 1 is 1.04 bits per heavy atom. The van der Waals surface area contributed by atoms with Gasteiger partial charge in [-0.2, -0.15) is 0 Å². The molecule has 0 fully saturated rings. The fourth-order valence-corrected chi connectivity index (χ4v) is 3.16. The number of fused-ring (bicyclic) bond motifs is 1. The standard InChI is InChI=1S/C19H12FIN4O/c20-12-6-7-17-16(8-12)18(26)25(15-4-2-1-3-5-15)19(24-17)23-14-9-13(21)10-22-11-14/h1-11H,(H,23,24). The smallest absolute Gasteiger partial charge is 0.267 e. The van der Waals surface area contributed by atoms with E-state index in [0.717, 1.165) is 3.57 Å². The summed E-state index contributed by atoms with van der Waals surface area (Å²) in [5.74, 6) is -0.136. The maximum Gasteiger partial charge on any atom is 0.267 e. The Balaban J connectivity index is 1.98. The maximum absolute atomic E-state index is 13.6. The number of rotatable bonds is 3. The predicted molar refractivity (Wildman–Crippen MR) is 108 cm³/mol. The van der Waals surface area contributed by atoms with E-state index in [-0.39, 0.29) is 10.9 Å². The van der Waals surface area contributed by atoms with Crippen LogP contribution in [0.3, 0.4) is 0 Å². The normalized spacial score (nSPS) is 10.8. The first-order valence-electron chi connectivity index (χ1n) is 7.77. The van der Waals surface area contributed by atoms with E-state index in [1.165, 1.54) is 22.8 Å². The monoisotopic (exact) mass is 458 g/mol. The van der Waals surface area contributed by atoms with Crippen LogP contribution < -0.4 is 10.9 Å². The van der Waals surface area contributed by atoms with E-state index in [2.05, 4.69) is 37.9 Å². The Hall–Kier alpha value is -2.81. The second kappa shape index (κ2) is 6.83. The molecule has 2 aromatic heterocycles. The van der Waals surface area contributed by atoms with Gasteiger partial charge in [0.25, 0.3) is 5.56 Å². The molecule has 0 unspecified atom stereocenters. The van der Waals surface area contributed by atoms with Crippen molar-refractivity contribution in [2.45, 2.75) is 0 Å². The number of hydrogen-bond acceptors (Lipinski definition) is 4. The minimum Gasteiger partial charge on any atom is -0.324 e. The summed E-state index contributed by atoms with van der Waals surface area (Å²) < 4.78 is 16.0. The zero-order chi connectivity index (χ0) is 18.1. The number of hydrogen-bond donors (Lipinski definition) is 1. The first-order chi connectivity index (χ1) is 12.6. The van der Waals surface area contributed by atoms with Crippen LogP contribution in [0.25, 0.3) is 16.6 Å². The van der Waals surface area contributed by atoms with Crippen molar-refractivity contribution in [2.24, 2.45) is 0 Å². The topological polar surface area (TPSA) is 59.8 Å². The van der Waals surface area contributed by atoms with Crippen LogP contribution in [0.5, 0.6) is 0 Å². The van der Waals surface area contributed by atoms with E-state index < -0.39 is 5.82 Å². The van der Waals surface area contributed by atoms with E-state index in [1.807, 2.05) is 24.3 Å². The lowest BCUT2D eigenvalue weighted by atomic mass is 10.2. The van der Waals surface area contributed by atoms with Crippen molar-refractivity contribution in [1.29, 1.82) is 0 Å². The van der Waals surface area contributed by atoms with Gasteiger partial charge in [-0.15, -0.1) is 0 Å². The highest BCUT2D eigenvalue weighted by molar-refractivity contribution is 14.1. The number of nitrogens with zero attached hydrogens (tertiary/aromatic N) is 3. The van der Waals surface area contributed by atoms with Gasteiger partial charge in [0.1, 0.15) is 5.82 Å². The average Bonchev–Trinajstić information content (AvgIpc) is 2.63. The van der Waals surface area contributed by atoms with E-state index >= 15 is 0 Å². The van der Waals surface area contributed by atoms with Gasteiger partial charge in [0.05, 0.1) is 28.5 Å². The molecule has 0 saturated carbocycles. The van der Waals surface area contributed by atoms with Crippen molar-refractivity contribution < 1.29 is 4.39 Å². The molecule has 2 heterocycles. The van der Waals surface area contributed by atoms with Gasteiger partial charge in [-0.25, -0.2) is 13.9 Å². The first-order valence-corrected chi connectivity index (χ1v) is 8.85. The molecule has 128 valence electrons. The van der Waals surface area contributed by atoms with Gasteiger partial charge in [0, 0.05) is 9.77 Å². The van der Waals surface area contributed by atoms with Crippen LogP contribution in [0, 0.1) is 9.39 Å². The minimum atomic E-state index is -0.474. The summed E-state index contributed by atoms with van der Waals surface area (Å²) in [6.45, 7) is 0. The predicted octanol–water partition coefficient (Wildman–Crippen LogP) is 4.27. The molecule has 0 atom stereocenters. The maximum atomic E-state index is 13.6. The van der Waals surface area contributed by atoms with Crippen molar-refractivity contribution >= 4 is 45.1 Å². The molecule has 0 saturated heterocycles. The summed E-state index contributed by atoms with van der Waals surface area (Å²) >= 11 is 2.16. The highest BCUT2D eigenvalue weighted by Crippen LogP contribution is 2.21. The lowest BCUT2D eigenvalue weighted by Gasteiger charge is -2.15. The molecule has 7 heteroatoms. The highest BCUT2D eigenvalue weighted by atomic mass is 127. The summed E-state index contributed by atoms with van der Waals surface area (Å²) in [6.07, 6.45) is 3.38. The lowest BCUT2D eigenvalue weighted by molar-refractivity contribution is 0.629. The van der Waals surface area contributed by atoms with E-state index in [4.69, 9.17) is 0 Å². The summed E-state index contributed by atoms with van der Waals surface area (Å²) in [6, 6.07) is 15.0. The third kappa shape index (κ3) is 3.17. The number of pyridine rings is 1. The molecule has 4 aromatic rings. The minimum absolute atomic E-state index is 0.222. The van der Waals surface area contributed by atoms with E-state index in [9.17, 15) is 9.18 Å². The Morgan fingerprint density at radius 2 is 1.85 bits per heavy atom. The molecule has 0 aliphatic rings. The van der Waals surface area contributed by atoms with Crippen LogP contribution in [0.2, 0.25) is 0 Å². The van der Waals surface area contributed by atoms with Crippen molar-refractivity contribution in [1.82, 2.24) is 14.5 Å². The fourth-order valence-electron chi connectivity index (χ4n) is 2.67. The van der Waals surface area contributed by atoms with Gasteiger partial charge in [-0.05, 0) is 59.0 Å². The van der Waals surface area contributed by atoms with Crippen molar-refractivity contribution in [2.75, 3.05) is 5.32 Å². The summed E-state index contributed by atoms with van der Waals surface area (Å²) in [5.41, 5.74) is 1.42. The molecule has 2 aromatic carbocycles. The van der Waals surface area contributed by atoms with Crippen molar-refractivity contribution in [3.8, 4) is 5.69 Å². The number of benzene rings is 2. The Bertz CT molecular complexity index is 1160. The lowest BCUT2D eigenvalue weighted by Crippen LogP contribution is -2.23. The molecule has 0 aliphatic heterocycles. The van der Waals surface area contributed by atoms with Gasteiger partial charge in [-0.3, -0.25) is 9.78 Å². The van der Waals surface area contributed by atoms with E-state index in [1.54, 1.807) is 24.5 Å². The summed E-state index contributed by atoms with van der Waals surface area (Å²) in [4.78, 5) is 21.7. The van der Waals surface area contributed by atoms with Crippen LogP contribution in [-0.4, -0.2) is 14.5 Å². The quantitative estimate of drug-likeness (QED) is 0.466. The SMILES string of the molecule is O=c1c2cc(F)ccc2nc(Nc2cncc(I)c2)n1-c1ccccc1. The Morgan fingerprint density at radius 3 is 2.62 bits per heavy atom. The zero-order valence-electron chi connectivity index (χ0n) is 13.4. The number of anilines is 2. The molecule has 0 bridgehead atoms. The molecule has 5 nitrogen and oxygen atoms in total. The number of halogens is 2.